The molecule has 0 aromatic carbocycles. The molecule has 1 atom stereocenters. The van der Waals surface area contributed by atoms with Crippen LogP contribution in [0.1, 0.15) is 19.8 Å². The van der Waals surface area contributed by atoms with E-state index in [1.807, 2.05) is 6.92 Å². The van der Waals surface area contributed by atoms with Crippen molar-refractivity contribution in [3.8, 4) is 0 Å². The van der Waals surface area contributed by atoms with E-state index in [-0.39, 0.29) is 6.04 Å². The second-order valence-electron chi connectivity index (χ2n) is 6.52. The van der Waals surface area contributed by atoms with Crippen LogP contribution in [-0.2, 0) is 26.6 Å². The van der Waals surface area contributed by atoms with Gasteiger partial charge in [-0.1, -0.05) is 0 Å². The SMILES string of the molecule is CO[Si](CCCNCC(C)N)(OC)OC.CO[Si](CCCNCCN)(OC)OC. The summed E-state index contributed by atoms with van der Waals surface area (Å²) < 4.78 is 31.8. The van der Waals surface area contributed by atoms with Crippen LogP contribution in [0.3, 0.4) is 0 Å². The largest absolute Gasteiger partial charge is 0.500 e. The van der Waals surface area contributed by atoms with E-state index in [2.05, 4.69) is 10.6 Å². The quantitative estimate of drug-likeness (QED) is 0.164. The minimum atomic E-state index is -2.37. The highest BCUT2D eigenvalue weighted by Crippen LogP contribution is 2.14. The van der Waals surface area contributed by atoms with Crippen molar-refractivity contribution in [3.63, 3.8) is 0 Å². The van der Waals surface area contributed by atoms with Crippen molar-refractivity contribution in [1.82, 2.24) is 10.6 Å². The highest BCUT2D eigenvalue weighted by Gasteiger charge is 2.37. The Bertz CT molecular complexity index is 335. The molecule has 0 aliphatic heterocycles. The first-order valence-electron chi connectivity index (χ1n) is 10.0. The summed E-state index contributed by atoms with van der Waals surface area (Å²) in [5, 5.41) is 6.47. The second-order valence-corrected chi connectivity index (χ2v) is 12.7. The van der Waals surface area contributed by atoms with Gasteiger partial charge in [0.25, 0.3) is 0 Å². The van der Waals surface area contributed by atoms with Gasteiger partial charge in [-0.05, 0) is 32.9 Å². The van der Waals surface area contributed by atoms with E-state index in [9.17, 15) is 0 Å². The predicted octanol–water partition coefficient (Wildman–Crippen LogP) is -0.00570. The van der Waals surface area contributed by atoms with Gasteiger partial charge in [0.05, 0.1) is 0 Å². The second kappa shape index (κ2) is 20.0. The molecule has 0 amide bonds. The van der Waals surface area contributed by atoms with Gasteiger partial charge in [-0.15, -0.1) is 0 Å². The first kappa shape index (κ1) is 31.2. The molecule has 0 aromatic heterocycles. The van der Waals surface area contributed by atoms with Crippen molar-refractivity contribution >= 4 is 17.6 Å². The zero-order valence-electron chi connectivity index (χ0n) is 19.5. The molecule has 0 saturated carbocycles. The van der Waals surface area contributed by atoms with Gasteiger partial charge in [-0.3, -0.25) is 0 Å². The molecule has 0 spiro atoms. The normalized spacial score (nSPS) is 13.1. The van der Waals surface area contributed by atoms with Gasteiger partial charge < -0.3 is 48.7 Å². The van der Waals surface area contributed by atoms with Crippen molar-refractivity contribution < 1.29 is 26.6 Å². The average molecular weight is 459 g/mol. The Hall–Kier alpha value is 0.0338. The molecule has 0 bridgehead atoms. The predicted molar refractivity (Wildman–Crippen MR) is 121 cm³/mol. The van der Waals surface area contributed by atoms with E-state index >= 15 is 0 Å². The summed E-state index contributed by atoms with van der Waals surface area (Å²) in [5.41, 5.74) is 11.0. The summed E-state index contributed by atoms with van der Waals surface area (Å²) in [5.74, 6) is 0. The van der Waals surface area contributed by atoms with Crippen LogP contribution < -0.4 is 22.1 Å². The maximum atomic E-state index is 5.61. The molecule has 29 heavy (non-hydrogen) atoms. The Morgan fingerprint density at radius 2 is 1.07 bits per heavy atom. The molecule has 6 N–H and O–H groups in total. The summed E-state index contributed by atoms with van der Waals surface area (Å²) in [7, 11) is 5.08. The zero-order valence-corrected chi connectivity index (χ0v) is 21.5. The number of hydrogen-bond donors (Lipinski definition) is 4. The van der Waals surface area contributed by atoms with Gasteiger partial charge in [-0.2, -0.15) is 0 Å². The molecule has 0 aromatic rings. The molecule has 10 nitrogen and oxygen atoms in total. The molecule has 0 radical (unpaired) electrons. The lowest BCUT2D eigenvalue weighted by atomic mass is 10.3. The van der Waals surface area contributed by atoms with Crippen molar-refractivity contribution in [2.75, 3.05) is 75.4 Å². The maximum absolute atomic E-state index is 5.61. The molecular weight excluding hydrogens is 412 g/mol. The monoisotopic (exact) mass is 458 g/mol. The number of hydrogen-bond acceptors (Lipinski definition) is 10. The Morgan fingerprint density at radius 3 is 1.38 bits per heavy atom. The lowest BCUT2D eigenvalue weighted by Crippen LogP contribution is -2.43. The first-order chi connectivity index (χ1) is 13.8. The number of rotatable bonds is 18. The highest BCUT2D eigenvalue weighted by atomic mass is 28.4. The van der Waals surface area contributed by atoms with Crippen LogP contribution in [0.5, 0.6) is 0 Å². The lowest BCUT2D eigenvalue weighted by Gasteiger charge is -2.24. The average Bonchev–Trinajstić information content (AvgIpc) is 2.74. The van der Waals surface area contributed by atoms with E-state index in [0.29, 0.717) is 6.54 Å². The van der Waals surface area contributed by atoms with E-state index in [1.165, 1.54) is 0 Å². The molecule has 0 aliphatic carbocycles. The summed E-state index contributed by atoms with van der Waals surface area (Å²) in [6.07, 6.45) is 1.94. The molecule has 0 rings (SSSR count). The molecule has 0 heterocycles. The van der Waals surface area contributed by atoms with Gasteiger partial charge >= 0.3 is 17.6 Å². The molecule has 0 saturated heterocycles. The van der Waals surface area contributed by atoms with E-state index < -0.39 is 17.6 Å². The Kier molecular flexibility index (Phi) is 21.5. The lowest BCUT2D eigenvalue weighted by molar-refractivity contribution is 0.122. The van der Waals surface area contributed by atoms with Crippen LogP contribution in [-0.4, -0.2) is 99.0 Å². The van der Waals surface area contributed by atoms with Crippen LogP contribution in [0, 0.1) is 0 Å². The topological polar surface area (TPSA) is 131 Å². The van der Waals surface area contributed by atoms with Gasteiger partial charge in [-0.25, -0.2) is 0 Å². The van der Waals surface area contributed by atoms with Crippen LogP contribution in [0.15, 0.2) is 0 Å². The first-order valence-corrected chi connectivity index (χ1v) is 13.9. The molecule has 0 aliphatic rings. The Balaban J connectivity index is 0. The highest BCUT2D eigenvalue weighted by molar-refractivity contribution is 6.60. The fourth-order valence-electron chi connectivity index (χ4n) is 2.53. The van der Waals surface area contributed by atoms with Crippen LogP contribution in [0.25, 0.3) is 0 Å². The third kappa shape index (κ3) is 15.5. The van der Waals surface area contributed by atoms with Gasteiger partial charge in [0.2, 0.25) is 0 Å². The summed E-state index contributed by atoms with van der Waals surface area (Å²) in [4.78, 5) is 0. The standard InChI is InChI=1S/C9H24N2O3Si.C8H22N2O3Si/c1-9(10)8-11-6-5-7-15(12-2,13-3)14-4;1-11-14(12-2,13-3)8-4-6-10-7-5-9/h9,11H,5-8,10H2,1-4H3;10H,4-9H2,1-3H3. The van der Waals surface area contributed by atoms with Crippen LogP contribution in [0.4, 0.5) is 0 Å². The smallest absolute Gasteiger partial charge is 0.377 e. The molecule has 12 heteroatoms. The Labute approximate surface area is 180 Å². The number of nitrogens with two attached hydrogens (primary N) is 2. The van der Waals surface area contributed by atoms with Crippen molar-refractivity contribution in [2.24, 2.45) is 11.5 Å². The fraction of sp³-hybridized carbons (Fsp3) is 1.00. The third-order valence-corrected chi connectivity index (χ3v) is 9.99. The summed E-state index contributed by atoms with van der Waals surface area (Å²) in [6, 6.07) is 1.84. The van der Waals surface area contributed by atoms with Crippen LogP contribution >= 0.6 is 0 Å². The van der Waals surface area contributed by atoms with E-state index in [0.717, 1.165) is 51.1 Å². The van der Waals surface area contributed by atoms with Crippen molar-refractivity contribution in [3.05, 3.63) is 0 Å². The summed E-state index contributed by atoms with van der Waals surface area (Å²) >= 11 is 0. The molecule has 1 unspecified atom stereocenters. The zero-order chi connectivity index (χ0) is 22.6. The minimum absolute atomic E-state index is 0.194. The minimum Gasteiger partial charge on any atom is -0.377 e. The van der Waals surface area contributed by atoms with Crippen molar-refractivity contribution in [2.45, 2.75) is 37.9 Å². The fourth-order valence-corrected chi connectivity index (χ4v) is 5.97. The summed E-state index contributed by atoms with van der Waals surface area (Å²) in [6.45, 7) is 6.16. The molecule has 0 fully saturated rings. The molecular formula is C17H46N4O6Si2. The van der Waals surface area contributed by atoms with Gasteiger partial charge in [0, 0.05) is 80.4 Å². The van der Waals surface area contributed by atoms with E-state index in [1.54, 1.807) is 42.7 Å². The van der Waals surface area contributed by atoms with Gasteiger partial charge in [0.1, 0.15) is 0 Å². The Morgan fingerprint density at radius 1 is 0.690 bits per heavy atom. The van der Waals surface area contributed by atoms with Crippen LogP contribution in [0.2, 0.25) is 12.1 Å². The molecule has 178 valence electrons. The maximum Gasteiger partial charge on any atom is 0.500 e. The van der Waals surface area contributed by atoms with Gasteiger partial charge in [0.15, 0.2) is 0 Å². The van der Waals surface area contributed by atoms with E-state index in [4.69, 9.17) is 38.0 Å². The third-order valence-electron chi connectivity index (χ3n) is 4.33. The number of nitrogens with one attached hydrogen (secondary N) is 2. The van der Waals surface area contributed by atoms with Crippen molar-refractivity contribution in [1.29, 1.82) is 0 Å².